The Morgan fingerprint density at radius 1 is 1.09 bits per heavy atom. The highest BCUT2D eigenvalue weighted by Crippen LogP contribution is 2.27. The first-order chi connectivity index (χ1) is 10.2. The molecule has 0 atom stereocenters. The molecular weight excluding hydrogens is 360 g/mol. The maximum absolute atomic E-state index is 11.4. The zero-order chi connectivity index (χ0) is 14.7. The lowest BCUT2D eigenvalue weighted by Crippen LogP contribution is -1.95. The number of carbonyl (C=O) groups is 1. The second kappa shape index (κ2) is 7.33. The van der Waals surface area contributed by atoms with E-state index in [0.717, 1.165) is 22.1 Å². The normalized spacial score (nSPS) is 9.86. The van der Waals surface area contributed by atoms with Gasteiger partial charge in [0.05, 0.1) is 5.69 Å². The van der Waals surface area contributed by atoms with Gasteiger partial charge in [-0.2, -0.15) is 0 Å². The van der Waals surface area contributed by atoms with E-state index in [2.05, 4.69) is 10.3 Å². The number of rotatable bonds is 4. The van der Waals surface area contributed by atoms with Gasteiger partial charge in [0.25, 0.3) is 0 Å². The molecule has 0 aliphatic carbocycles. The Kier molecular flexibility index (Phi) is 5.46. The van der Waals surface area contributed by atoms with Gasteiger partial charge in [-0.15, -0.1) is 28.3 Å². The summed E-state index contributed by atoms with van der Waals surface area (Å²) in [5.74, 6) is 0.0581. The van der Waals surface area contributed by atoms with Crippen LogP contribution in [0.25, 0.3) is 11.3 Å². The van der Waals surface area contributed by atoms with Crippen molar-refractivity contribution in [2.75, 3.05) is 5.32 Å². The summed E-state index contributed by atoms with van der Waals surface area (Å²) in [6.07, 6.45) is 0. The van der Waals surface area contributed by atoms with Crippen LogP contribution in [0.5, 0.6) is 0 Å². The summed E-state index contributed by atoms with van der Waals surface area (Å²) in [5, 5.41) is 6.08. The van der Waals surface area contributed by atoms with Crippen LogP contribution in [-0.2, 0) is 0 Å². The van der Waals surface area contributed by atoms with Crippen LogP contribution in [0.1, 0.15) is 17.3 Å². The highest BCUT2D eigenvalue weighted by atomic mass is 79.9. The largest absolute Gasteiger partial charge is 0.332 e. The first-order valence-corrected chi connectivity index (χ1v) is 7.49. The lowest BCUT2D eigenvalue weighted by atomic mass is 10.1. The highest BCUT2D eigenvalue weighted by Gasteiger charge is 2.05. The van der Waals surface area contributed by atoms with Gasteiger partial charge < -0.3 is 5.32 Å². The van der Waals surface area contributed by atoms with Crippen LogP contribution in [-0.4, -0.2) is 10.8 Å². The molecule has 0 aliphatic rings. The first-order valence-electron chi connectivity index (χ1n) is 6.61. The molecule has 0 saturated heterocycles. The van der Waals surface area contributed by atoms with E-state index in [-0.39, 0.29) is 22.8 Å². The molecule has 0 bridgehead atoms. The third-order valence-electron chi connectivity index (χ3n) is 3.09. The van der Waals surface area contributed by atoms with Gasteiger partial charge >= 0.3 is 0 Å². The van der Waals surface area contributed by atoms with Gasteiger partial charge in [-0.05, 0) is 19.1 Å². The van der Waals surface area contributed by atoms with Crippen LogP contribution >= 0.6 is 28.3 Å². The van der Waals surface area contributed by atoms with E-state index in [0.29, 0.717) is 5.56 Å². The predicted molar refractivity (Wildman–Crippen MR) is 97.6 cm³/mol. The maximum atomic E-state index is 11.4. The van der Waals surface area contributed by atoms with Crippen molar-refractivity contribution < 1.29 is 4.79 Å². The number of aromatic nitrogens is 1. The average molecular weight is 375 g/mol. The fraction of sp³-hybridized carbons (Fsp3) is 0.0588. The molecule has 0 spiro atoms. The number of halogens is 1. The van der Waals surface area contributed by atoms with Gasteiger partial charge in [0.15, 0.2) is 10.9 Å². The minimum atomic E-state index is 0. The Morgan fingerprint density at radius 3 is 2.59 bits per heavy atom. The summed E-state index contributed by atoms with van der Waals surface area (Å²) in [6.45, 7) is 1.57. The zero-order valence-corrected chi connectivity index (χ0v) is 14.5. The molecule has 0 radical (unpaired) electrons. The Bertz CT molecular complexity index is 771. The van der Waals surface area contributed by atoms with E-state index < -0.39 is 0 Å². The maximum Gasteiger partial charge on any atom is 0.187 e. The third-order valence-corrected chi connectivity index (χ3v) is 3.85. The van der Waals surface area contributed by atoms with Crippen molar-refractivity contribution in [3.63, 3.8) is 0 Å². The Labute approximate surface area is 143 Å². The number of nitrogens with zero attached hydrogens (tertiary/aromatic N) is 1. The van der Waals surface area contributed by atoms with Crippen molar-refractivity contribution in [1.82, 2.24) is 4.98 Å². The number of hydrogen-bond acceptors (Lipinski definition) is 4. The van der Waals surface area contributed by atoms with Crippen molar-refractivity contribution >= 4 is 44.9 Å². The molecule has 5 heteroatoms. The van der Waals surface area contributed by atoms with Crippen molar-refractivity contribution in [1.29, 1.82) is 0 Å². The lowest BCUT2D eigenvalue weighted by Gasteiger charge is -2.04. The van der Waals surface area contributed by atoms with Gasteiger partial charge in [0.2, 0.25) is 0 Å². The number of anilines is 2. The number of hydrogen-bond donors (Lipinski definition) is 1. The molecule has 1 N–H and O–H groups in total. The average Bonchev–Trinajstić information content (AvgIpc) is 2.97. The van der Waals surface area contributed by atoms with Crippen molar-refractivity contribution in [3.8, 4) is 11.3 Å². The number of ketones is 1. The lowest BCUT2D eigenvalue weighted by molar-refractivity contribution is 0.101. The Hall–Kier alpha value is -1.98. The minimum Gasteiger partial charge on any atom is -0.332 e. The van der Waals surface area contributed by atoms with E-state index in [9.17, 15) is 4.79 Å². The van der Waals surface area contributed by atoms with Gasteiger partial charge in [0, 0.05) is 22.2 Å². The van der Waals surface area contributed by atoms with Crippen LogP contribution in [0, 0.1) is 0 Å². The van der Waals surface area contributed by atoms with Crippen LogP contribution in [0.2, 0.25) is 0 Å². The second-order valence-electron chi connectivity index (χ2n) is 4.67. The van der Waals surface area contributed by atoms with E-state index in [4.69, 9.17) is 0 Å². The molecule has 0 aliphatic heterocycles. The van der Waals surface area contributed by atoms with E-state index in [1.54, 1.807) is 18.3 Å². The van der Waals surface area contributed by atoms with Crippen molar-refractivity contribution in [3.05, 3.63) is 65.5 Å². The molecule has 3 aromatic rings. The van der Waals surface area contributed by atoms with Crippen molar-refractivity contribution in [2.45, 2.75) is 6.92 Å². The topological polar surface area (TPSA) is 42.0 Å². The van der Waals surface area contributed by atoms with Gasteiger partial charge in [-0.25, -0.2) is 4.98 Å². The standard InChI is InChI=1S/C17H14N2OS.BrH/c1-12(20)14-8-5-9-15(10-14)18-17-19-16(11-21-17)13-6-3-2-4-7-13;/h2-11H,1H3,(H,18,19);1H. The summed E-state index contributed by atoms with van der Waals surface area (Å²) in [4.78, 5) is 16.0. The molecule has 0 fully saturated rings. The summed E-state index contributed by atoms with van der Waals surface area (Å²) in [7, 11) is 0. The summed E-state index contributed by atoms with van der Waals surface area (Å²) >= 11 is 1.55. The van der Waals surface area contributed by atoms with Gasteiger partial charge in [0.1, 0.15) is 0 Å². The number of Topliss-reactive ketones (excluding diaryl/α,β-unsaturated/α-hetero) is 1. The number of carbonyl (C=O) groups excluding carboxylic acids is 1. The minimum absolute atomic E-state index is 0. The van der Waals surface area contributed by atoms with Crippen LogP contribution in [0.4, 0.5) is 10.8 Å². The van der Waals surface area contributed by atoms with Crippen LogP contribution in [0.15, 0.2) is 60.0 Å². The molecule has 3 nitrogen and oxygen atoms in total. The van der Waals surface area contributed by atoms with Crippen molar-refractivity contribution in [2.24, 2.45) is 0 Å². The summed E-state index contributed by atoms with van der Waals surface area (Å²) in [5.41, 5.74) is 3.61. The molecular formula is C17H15BrN2OS. The van der Waals surface area contributed by atoms with Crippen LogP contribution < -0.4 is 5.32 Å². The predicted octanol–water partition coefficient (Wildman–Crippen LogP) is 5.33. The molecule has 22 heavy (non-hydrogen) atoms. The van der Waals surface area contributed by atoms with E-state index in [1.807, 2.05) is 60.0 Å². The fourth-order valence-electron chi connectivity index (χ4n) is 2.01. The number of nitrogens with one attached hydrogen (secondary N) is 1. The molecule has 112 valence electrons. The molecule has 3 rings (SSSR count). The van der Waals surface area contributed by atoms with Gasteiger partial charge in [-0.1, -0.05) is 42.5 Å². The van der Waals surface area contributed by atoms with Gasteiger partial charge in [-0.3, -0.25) is 4.79 Å². The Balaban J connectivity index is 0.00000176. The number of thiazole rings is 1. The fourth-order valence-corrected chi connectivity index (χ4v) is 2.75. The molecule has 1 aromatic heterocycles. The van der Waals surface area contributed by atoms with Crippen LogP contribution in [0.3, 0.4) is 0 Å². The Morgan fingerprint density at radius 2 is 1.86 bits per heavy atom. The molecule has 0 saturated carbocycles. The quantitative estimate of drug-likeness (QED) is 0.627. The molecule has 0 amide bonds. The molecule has 0 unspecified atom stereocenters. The molecule has 2 aromatic carbocycles. The smallest absolute Gasteiger partial charge is 0.187 e. The van der Waals surface area contributed by atoms with E-state index in [1.165, 1.54) is 0 Å². The number of benzene rings is 2. The molecule has 1 heterocycles. The second-order valence-corrected chi connectivity index (χ2v) is 5.52. The zero-order valence-electron chi connectivity index (χ0n) is 11.9. The first kappa shape index (κ1) is 16.4. The summed E-state index contributed by atoms with van der Waals surface area (Å²) < 4.78 is 0. The SMILES string of the molecule is Br.CC(=O)c1cccc(Nc2nc(-c3ccccc3)cs2)c1. The highest BCUT2D eigenvalue weighted by molar-refractivity contribution is 8.93. The monoisotopic (exact) mass is 374 g/mol. The third kappa shape index (κ3) is 3.81. The van der Waals surface area contributed by atoms with E-state index >= 15 is 0 Å². The summed E-state index contributed by atoms with van der Waals surface area (Å²) in [6, 6.07) is 17.5.